The van der Waals surface area contributed by atoms with Gasteiger partial charge in [0, 0.05) is 11.4 Å². The Morgan fingerprint density at radius 2 is 2.07 bits per heavy atom. The highest BCUT2D eigenvalue weighted by Gasteiger charge is 2.46. The number of nitrogens with zero attached hydrogens (tertiary/aromatic N) is 2. The molecule has 1 heterocycles. The van der Waals surface area contributed by atoms with E-state index in [1.54, 1.807) is 0 Å². The molecule has 1 aromatic heterocycles. The largest absolute Gasteiger partial charge is 0.395 e. The van der Waals surface area contributed by atoms with E-state index in [-0.39, 0.29) is 12.0 Å². The second-order valence-electron chi connectivity index (χ2n) is 4.85. The van der Waals surface area contributed by atoms with E-state index in [4.69, 9.17) is 0 Å². The maximum Gasteiger partial charge on any atom is 0.137 e. The zero-order chi connectivity index (χ0) is 11.1. The summed E-state index contributed by atoms with van der Waals surface area (Å²) in [5.41, 5.74) is 1.97. The molecule has 1 saturated carbocycles. The monoisotopic (exact) mass is 206 g/mol. The van der Waals surface area contributed by atoms with Gasteiger partial charge in [-0.05, 0) is 31.7 Å². The summed E-state index contributed by atoms with van der Waals surface area (Å²) in [6.07, 6.45) is 2.04. The van der Waals surface area contributed by atoms with Crippen molar-refractivity contribution >= 4 is 0 Å². The van der Waals surface area contributed by atoms with E-state index in [9.17, 15) is 5.11 Å². The summed E-state index contributed by atoms with van der Waals surface area (Å²) in [4.78, 5) is 9.02. The van der Waals surface area contributed by atoms with Crippen LogP contribution in [-0.4, -0.2) is 21.7 Å². The van der Waals surface area contributed by atoms with Crippen LogP contribution in [-0.2, 0) is 5.41 Å². The number of hydrogen-bond acceptors (Lipinski definition) is 3. The van der Waals surface area contributed by atoms with Gasteiger partial charge >= 0.3 is 0 Å². The average Bonchev–Trinajstić information content (AvgIpc) is 2.97. The molecule has 1 aliphatic rings. The van der Waals surface area contributed by atoms with Crippen molar-refractivity contribution in [2.75, 3.05) is 6.61 Å². The van der Waals surface area contributed by atoms with Crippen LogP contribution in [0.25, 0.3) is 0 Å². The summed E-state index contributed by atoms with van der Waals surface area (Å²) in [5, 5.41) is 9.35. The van der Waals surface area contributed by atoms with E-state index in [1.165, 1.54) is 0 Å². The van der Waals surface area contributed by atoms with Crippen LogP contribution >= 0.6 is 0 Å². The van der Waals surface area contributed by atoms with Crippen LogP contribution in [0.2, 0.25) is 0 Å². The third-order valence-corrected chi connectivity index (χ3v) is 3.10. The fourth-order valence-electron chi connectivity index (χ4n) is 1.73. The molecule has 0 unspecified atom stereocenters. The van der Waals surface area contributed by atoms with Gasteiger partial charge in [0.15, 0.2) is 0 Å². The van der Waals surface area contributed by atoms with Gasteiger partial charge in [0.25, 0.3) is 0 Å². The Bertz CT molecular complexity index is 370. The Hall–Kier alpha value is -0.960. The molecule has 0 aromatic carbocycles. The zero-order valence-corrected chi connectivity index (χ0v) is 9.62. The molecule has 0 radical (unpaired) electrons. The predicted molar refractivity (Wildman–Crippen MR) is 58.9 cm³/mol. The highest BCUT2D eigenvalue weighted by atomic mass is 16.3. The SMILES string of the molecule is Cc1cc(C(C)C)nc(C2(CO)CC2)n1. The lowest BCUT2D eigenvalue weighted by molar-refractivity contribution is 0.249. The lowest BCUT2D eigenvalue weighted by Crippen LogP contribution is -2.18. The summed E-state index contributed by atoms with van der Waals surface area (Å²) < 4.78 is 0. The molecule has 0 atom stereocenters. The first-order valence-electron chi connectivity index (χ1n) is 5.54. The van der Waals surface area contributed by atoms with Gasteiger partial charge in [-0.3, -0.25) is 0 Å². The van der Waals surface area contributed by atoms with E-state index in [0.29, 0.717) is 5.92 Å². The summed E-state index contributed by atoms with van der Waals surface area (Å²) in [7, 11) is 0. The number of aromatic nitrogens is 2. The smallest absolute Gasteiger partial charge is 0.137 e. The van der Waals surface area contributed by atoms with Crippen LogP contribution in [0.5, 0.6) is 0 Å². The Morgan fingerprint density at radius 3 is 2.53 bits per heavy atom. The molecule has 3 heteroatoms. The average molecular weight is 206 g/mol. The first-order chi connectivity index (χ1) is 7.07. The third-order valence-electron chi connectivity index (χ3n) is 3.10. The molecule has 0 bridgehead atoms. The topological polar surface area (TPSA) is 46.0 Å². The van der Waals surface area contributed by atoms with Crippen molar-refractivity contribution in [1.29, 1.82) is 0 Å². The highest BCUT2D eigenvalue weighted by Crippen LogP contribution is 2.46. The first-order valence-corrected chi connectivity index (χ1v) is 5.54. The van der Waals surface area contributed by atoms with Crippen molar-refractivity contribution in [2.24, 2.45) is 0 Å². The molecule has 0 spiro atoms. The van der Waals surface area contributed by atoms with Gasteiger partial charge in [-0.2, -0.15) is 0 Å². The number of aliphatic hydroxyl groups is 1. The Balaban J connectivity index is 2.40. The summed E-state index contributed by atoms with van der Waals surface area (Å²) >= 11 is 0. The lowest BCUT2D eigenvalue weighted by Gasteiger charge is -2.13. The van der Waals surface area contributed by atoms with Crippen molar-refractivity contribution in [2.45, 2.75) is 44.9 Å². The van der Waals surface area contributed by atoms with E-state index < -0.39 is 0 Å². The molecule has 0 saturated heterocycles. The minimum absolute atomic E-state index is 0.115. The van der Waals surface area contributed by atoms with Gasteiger partial charge in [-0.1, -0.05) is 13.8 Å². The molecule has 0 amide bonds. The fourth-order valence-corrected chi connectivity index (χ4v) is 1.73. The normalized spacial score (nSPS) is 18.2. The second-order valence-corrected chi connectivity index (χ2v) is 4.85. The third kappa shape index (κ3) is 1.88. The van der Waals surface area contributed by atoms with Crippen LogP contribution in [0.1, 0.15) is 49.8 Å². The molecule has 2 rings (SSSR count). The van der Waals surface area contributed by atoms with Crippen molar-refractivity contribution in [3.05, 3.63) is 23.3 Å². The Labute approximate surface area is 90.6 Å². The molecule has 1 aliphatic carbocycles. The minimum Gasteiger partial charge on any atom is -0.395 e. The predicted octanol–water partition coefficient (Wildman–Crippen LogP) is 1.93. The molecule has 0 aliphatic heterocycles. The van der Waals surface area contributed by atoms with E-state index in [0.717, 1.165) is 30.1 Å². The fraction of sp³-hybridized carbons (Fsp3) is 0.667. The molecule has 15 heavy (non-hydrogen) atoms. The summed E-state index contributed by atoms with van der Waals surface area (Å²) in [6.45, 7) is 6.42. The maximum atomic E-state index is 9.35. The summed E-state index contributed by atoms with van der Waals surface area (Å²) in [6, 6.07) is 2.03. The highest BCUT2D eigenvalue weighted by molar-refractivity contribution is 5.23. The van der Waals surface area contributed by atoms with E-state index in [2.05, 4.69) is 23.8 Å². The van der Waals surface area contributed by atoms with E-state index >= 15 is 0 Å². The summed E-state index contributed by atoms with van der Waals surface area (Å²) in [5.74, 6) is 1.26. The second kappa shape index (κ2) is 3.56. The minimum atomic E-state index is -0.115. The quantitative estimate of drug-likeness (QED) is 0.822. The van der Waals surface area contributed by atoms with Gasteiger partial charge in [-0.25, -0.2) is 9.97 Å². The lowest BCUT2D eigenvalue weighted by atomic mass is 10.1. The molecular formula is C12H18N2O. The van der Waals surface area contributed by atoms with Crippen molar-refractivity contribution in [3.63, 3.8) is 0 Å². The van der Waals surface area contributed by atoms with Crippen LogP contribution in [0.3, 0.4) is 0 Å². The first kappa shape index (κ1) is 10.6. The van der Waals surface area contributed by atoms with E-state index in [1.807, 2.05) is 13.0 Å². The van der Waals surface area contributed by atoms with Crippen LogP contribution in [0.15, 0.2) is 6.07 Å². The maximum absolute atomic E-state index is 9.35. The molecule has 3 nitrogen and oxygen atoms in total. The van der Waals surface area contributed by atoms with Crippen molar-refractivity contribution in [3.8, 4) is 0 Å². The molecular weight excluding hydrogens is 188 g/mol. The van der Waals surface area contributed by atoms with Crippen molar-refractivity contribution in [1.82, 2.24) is 9.97 Å². The molecule has 82 valence electrons. The van der Waals surface area contributed by atoms with Crippen molar-refractivity contribution < 1.29 is 5.11 Å². The van der Waals surface area contributed by atoms with Gasteiger partial charge in [0.1, 0.15) is 5.82 Å². The molecule has 1 N–H and O–H groups in total. The van der Waals surface area contributed by atoms with Crippen LogP contribution in [0, 0.1) is 6.92 Å². The number of aliphatic hydroxyl groups excluding tert-OH is 1. The zero-order valence-electron chi connectivity index (χ0n) is 9.62. The standard InChI is InChI=1S/C12H18N2O/c1-8(2)10-6-9(3)13-11(14-10)12(7-15)4-5-12/h6,8,15H,4-5,7H2,1-3H3. The van der Waals surface area contributed by atoms with Crippen LogP contribution < -0.4 is 0 Å². The van der Waals surface area contributed by atoms with Gasteiger partial charge < -0.3 is 5.11 Å². The Morgan fingerprint density at radius 1 is 1.40 bits per heavy atom. The number of rotatable bonds is 3. The molecule has 1 aromatic rings. The number of aryl methyl sites for hydroxylation is 1. The molecule has 1 fully saturated rings. The number of hydrogen-bond donors (Lipinski definition) is 1. The van der Waals surface area contributed by atoms with Gasteiger partial charge in [0.2, 0.25) is 0 Å². The Kier molecular flexibility index (Phi) is 2.51. The van der Waals surface area contributed by atoms with Crippen LogP contribution in [0.4, 0.5) is 0 Å². The van der Waals surface area contributed by atoms with Gasteiger partial charge in [0.05, 0.1) is 12.0 Å². The van der Waals surface area contributed by atoms with Gasteiger partial charge in [-0.15, -0.1) is 0 Å².